The van der Waals surface area contributed by atoms with Gasteiger partial charge >= 0.3 is 0 Å². The van der Waals surface area contributed by atoms with E-state index in [-0.39, 0.29) is 5.41 Å². The maximum absolute atomic E-state index is 9.58. The molecule has 0 aromatic rings. The molecular formula is C13H20O. The van der Waals surface area contributed by atoms with Crippen LogP contribution >= 0.6 is 0 Å². The molecule has 1 aliphatic carbocycles. The number of allylic oxidation sites excluding steroid dienone is 2. The zero-order chi connectivity index (χ0) is 10.6. The third-order valence-electron chi connectivity index (χ3n) is 3.27. The molecule has 0 aliphatic heterocycles. The summed E-state index contributed by atoms with van der Waals surface area (Å²) < 4.78 is 0. The SMILES string of the molecule is C=CC(O)CC1(C=C)CCC(=C)CC1. The van der Waals surface area contributed by atoms with Crippen molar-refractivity contribution < 1.29 is 5.11 Å². The van der Waals surface area contributed by atoms with Crippen LogP contribution in [-0.2, 0) is 0 Å². The summed E-state index contributed by atoms with van der Waals surface area (Å²) in [5.41, 5.74) is 1.44. The van der Waals surface area contributed by atoms with Gasteiger partial charge in [-0.2, -0.15) is 0 Å². The van der Waals surface area contributed by atoms with E-state index in [0.717, 1.165) is 32.1 Å². The Morgan fingerprint density at radius 3 is 2.36 bits per heavy atom. The van der Waals surface area contributed by atoms with Crippen molar-refractivity contribution in [1.82, 2.24) is 0 Å². The van der Waals surface area contributed by atoms with Crippen LogP contribution in [0.3, 0.4) is 0 Å². The maximum atomic E-state index is 9.58. The molecule has 0 aromatic carbocycles. The van der Waals surface area contributed by atoms with Crippen LogP contribution in [-0.4, -0.2) is 11.2 Å². The third-order valence-corrected chi connectivity index (χ3v) is 3.27. The van der Waals surface area contributed by atoms with Gasteiger partial charge < -0.3 is 5.11 Å². The first-order chi connectivity index (χ1) is 6.62. The molecule has 1 aliphatic rings. The van der Waals surface area contributed by atoms with Crippen molar-refractivity contribution >= 4 is 0 Å². The van der Waals surface area contributed by atoms with E-state index < -0.39 is 6.10 Å². The predicted octanol–water partition coefficient (Wildman–Crippen LogP) is 3.23. The second-order valence-corrected chi connectivity index (χ2v) is 4.32. The minimum Gasteiger partial charge on any atom is -0.389 e. The molecule has 1 nitrogen and oxygen atoms in total. The van der Waals surface area contributed by atoms with Gasteiger partial charge in [0, 0.05) is 0 Å². The van der Waals surface area contributed by atoms with E-state index in [4.69, 9.17) is 0 Å². The molecule has 0 spiro atoms. The molecule has 1 heteroatoms. The van der Waals surface area contributed by atoms with Crippen LogP contribution in [0.25, 0.3) is 0 Å². The summed E-state index contributed by atoms with van der Waals surface area (Å²) in [4.78, 5) is 0. The average molecular weight is 192 g/mol. The van der Waals surface area contributed by atoms with Crippen LogP contribution in [0.2, 0.25) is 0 Å². The molecule has 1 atom stereocenters. The van der Waals surface area contributed by atoms with Gasteiger partial charge in [-0.3, -0.25) is 0 Å². The fourth-order valence-corrected chi connectivity index (χ4v) is 2.09. The first kappa shape index (κ1) is 11.3. The molecule has 1 N–H and O–H groups in total. The van der Waals surface area contributed by atoms with E-state index in [9.17, 15) is 5.11 Å². The Labute approximate surface area is 86.8 Å². The van der Waals surface area contributed by atoms with Gasteiger partial charge in [-0.1, -0.05) is 24.3 Å². The third kappa shape index (κ3) is 2.58. The molecule has 0 radical (unpaired) electrons. The topological polar surface area (TPSA) is 20.2 Å². The summed E-state index contributed by atoms with van der Waals surface area (Å²) in [6.07, 6.45) is 8.24. The Morgan fingerprint density at radius 2 is 1.93 bits per heavy atom. The normalized spacial score (nSPS) is 22.8. The number of hydrogen-bond acceptors (Lipinski definition) is 1. The first-order valence-corrected chi connectivity index (χ1v) is 5.23. The molecule has 0 aromatic heterocycles. The molecule has 1 fully saturated rings. The number of rotatable bonds is 4. The van der Waals surface area contributed by atoms with E-state index in [0.29, 0.717) is 0 Å². The summed E-state index contributed by atoms with van der Waals surface area (Å²) in [5, 5.41) is 9.58. The summed E-state index contributed by atoms with van der Waals surface area (Å²) in [6.45, 7) is 11.5. The van der Waals surface area contributed by atoms with E-state index in [1.54, 1.807) is 6.08 Å². The molecular weight excluding hydrogens is 172 g/mol. The van der Waals surface area contributed by atoms with E-state index >= 15 is 0 Å². The molecule has 1 unspecified atom stereocenters. The smallest absolute Gasteiger partial charge is 0.0726 e. The lowest BCUT2D eigenvalue weighted by molar-refractivity contribution is 0.139. The fourth-order valence-electron chi connectivity index (χ4n) is 2.09. The fraction of sp³-hybridized carbons (Fsp3) is 0.538. The summed E-state index contributed by atoms with van der Waals surface area (Å²) in [7, 11) is 0. The van der Waals surface area contributed by atoms with Crippen molar-refractivity contribution in [3.8, 4) is 0 Å². The van der Waals surface area contributed by atoms with Gasteiger partial charge in [-0.15, -0.1) is 13.2 Å². The molecule has 0 heterocycles. The number of hydrogen-bond donors (Lipinski definition) is 1. The predicted molar refractivity (Wildman–Crippen MR) is 61.1 cm³/mol. The summed E-state index contributed by atoms with van der Waals surface area (Å²) in [5.74, 6) is 0. The van der Waals surface area contributed by atoms with Gasteiger partial charge in [0.25, 0.3) is 0 Å². The summed E-state index contributed by atoms with van der Waals surface area (Å²) >= 11 is 0. The molecule has 78 valence electrons. The maximum Gasteiger partial charge on any atom is 0.0726 e. The van der Waals surface area contributed by atoms with Crippen molar-refractivity contribution in [2.75, 3.05) is 0 Å². The van der Waals surface area contributed by atoms with Gasteiger partial charge in [-0.25, -0.2) is 0 Å². The van der Waals surface area contributed by atoms with Gasteiger partial charge in [0.1, 0.15) is 0 Å². The van der Waals surface area contributed by atoms with E-state index in [1.165, 1.54) is 5.57 Å². The highest BCUT2D eigenvalue weighted by atomic mass is 16.3. The van der Waals surface area contributed by atoms with Crippen LogP contribution < -0.4 is 0 Å². The summed E-state index contributed by atoms with van der Waals surface area (Å²) in [6, 6.07) is 0. The highest BCUT2D eigenvalue weighted by Crippen LogP contribution is 2.42. The van der Waals surface area contributed by atoms with Crippen LogP contribution in [0.5, 0.6) is 0 Å². The second kappa shape index (κ2) is 4.61. The van der Waals surface area contributed by atoms with Crippen molar-refractivity contribution in [1.29, 1.82) is 0 Å². The first-order valence-electron chi connectivity index (χ1n) is 5.23. The van der Waals surface area contributed by atoms with Gasteiger partial charge in [0.2, 0.25) is 0 Å². The van der Waals surface area contributed by atoms with Crippen LogP contribution in [0, 0.1) is 5.41 Å². The molecule has 1 rings (SSSR count). The molecule has 14 heavy (non-hydrogen) atoms. The van der Waals surface area contributed by atoms with Gasteiger partial charge in [-0.05, 0) is 37.5 Å². The Bertz CT molecular complexity index is 230. The second-order valence-electron chi connectivity index (χ2n) is 4.32. The monoisotopic (exact) mass is 192 g/mol. The molecule has 1 saturated carbocycles. The largest absolute Gasteiger partial charge is 0.389 e. The lowest BCUT2D eigenvalue weighted by Crippen LogP contribution is -2.26. The number of aliphatic hydroxyl groups excluding tert-OH is 1. The van der Waals surface area contributed by atoms with Gasteiger partial charge in [0.15, 0.2) is 0 Å². The van der Waals surface area contributed by atoms with Crippen molar-refractivity contribution in [3.63, 3.8) is 0 Å². The van der Waals surface area contributed by atoms with Crippen LogP contribution in [0.15, 0.2) is 37.5 Å². The quantitative estimate of drug-likeness (QED) is 0.678. The van der Waals surface area contributed by atoms with E-state index in [1.807, 2.05) is 6.08 Å². The van der Waals surface area contributed by atoms with Gasteiger partial charge in [0.05, 0.1) is 6.10 Å². The highest BCUT2D eigenvalue weighted by Gasteiger charge is 2.31. The van der Waals surface area contributed by atoms with Crippen LogP contribution in [0.4, 0.5) is 0 Å². The molecule has 0 saturated heterocycles. The Kier molecular flexibility index (Phi) is 3.70. The highest BCUT2D eigenvalue weighted by molar-refractivity contribution is 5.09. The Hall–Kier alpha value is -0.820. The van der Waals surface area contributed by atoms with Crippen molar-refractivity contribution in [3.05, 3.63) is 37.5 Å². The standard InChI is InChI=1S/C13H20O/c1-4-12(14)10-13(5-2)8-6-11(3)7-9-13/h4-5,12,14H,1-3,6-10H2. The van der Waals surface area contributed by atoms with Crippen LogP contribution in [0.1, 0.15) is 32.1 Å². The average Bonchev–Trinajstić information content (AvgIpc) is 2.22. The Morgan fingerprint density at radius 1 is 1.36 bits per heavy atom. The Balaban J connectivity index is 2.62. The van der Waals surface area contributed by atoms with E-state index in [2.05, 4.69) is 19.7 Å². The zero-order valence-electron chi connectivity index (χ0n) is 8.84. The molecule has 0 amide bonds. The minimum absolute atomic E-state index is 0.106. The lowest BCUT2D eigenvalue weighted by Gasteiger charge is -2.36. The lowest BCUT2D eigenvalue weighted by atomic mass is 9.69. The minimum atomic E-state index is -0.403. The number of aliphatic hydroxyl groups is 1. The van der Waals surface area contributed by atoms with Crippen molar-refractivity contribution in [2.24, 2.45) is 5.41 Å². The van der Waals surface area contributed by atoms with Crippen molar-refractivity contribution in [2.45, 2.75) is 38.2 Å². The zero-order valence-corrected chi connectivity index (χ0v) is 8.84. The molecule has 0 bridgehead atoms.